The number of Topliss-reactive ketones (excluding diaryl/α,β-unsaturated/α-hetero) is 1. The Morgan fingerprint density at radius 1 is 1.37 bits per heavy atom. The normalized spacial score (nSPS) is 32.6. The van der Waals surface area contributed by atoms with E-state index in [1.807, 2.05) is 0 Å². The van der Waals surface area contributed by atoms with E-state index in [0.29, 0.717) is 23.1 Å². The van der Waals surface area contributed by atoms with Gasteiger partial charge in [-0.2, -0.15) is 0 Å². The first-order valence-electron chi connectivity index (χ1n) is 6.75. The standard InChI is InChI=1S/C15H18FNO2/c1-19-12-5-4-10(16)7-11(12)15(18)13-8-2-3-9(6-8)14(13)17/h4-5,7-9,13-14H,2-3,6,17H2,1H3. The lowest BCUT2D eigenvalue weighted by Crippen LogP contribution is -2.40. The SMILES string of the molecule is COc1ccc(F)cc1C(=O)C1C2CCC(C2)C1N. The zero-order valence-electron chi connectivity index (χ0n) is 10.9. The van der Waals surface area contributed by atoms with Crippen LogP contribution in [0.1, 0.15) is 29.6 Å². The molecule has 4 heteroatoms. The number of ether oxygens (including phenoxy) is 1. The van der Waals surface area contributed by atoms with Gasteiger partial charge in [0.15, 0.2) is 5.78 Å². The number of halogens is 1. The molecule has 0 aliphatic heterocycles. The Kier molecular flexibility index (Phi) is 3.05. The second-order valence-electron chi connectivity index (χ2n) is 5.65. The third kappa shape index (κ3) is 1.94. The van der Waals surface area contributed by atoms with E-state index < -0.39 is 5.82 Å². The molecule has 4 unspecified atom stereocenters. The summed E-state index contributed by atoms with van der Waals surface area (Å²) in [4.78, 5) is 12.7. The van der Waals surface area contributed by atoms with Gasteiger partial charge in [0.2, 0.25) is 0 Å². The van der Waals surface area contributed by atoms with Crippen LogP contribution in [0.2, 0.25) is 0 Å². The zero-order chi connectivity index (χ0) is 13.6. The largest absolute Gasteiger partial charge is 0.496 e. The molecule has 102 valence electrons. The molecule has 0 amide bonds. The summed E-state index contributed by atoms with van der Waals surface area (Å²) in [6.07, 6.45) is 3.22. The summed E-state index contributed by atoms with van der Waals surface area (Å²) >= 11 is 0. The summed E-state index contributed by atoms with van der Waals surface area (Å²) in [6, 6.07) is 3.98. The maximum atomic E-state index is 13.4. The van der Waals surface area contributed by atoms with Crippen LogP contribution in [0.25, 0.3) is 0 Å². The fourth-order valence-electron chi connectivity index (χ4n) is 3.78. The highest BCUT2D eigenvalue weighted by molar-refractivity contribution is 6.01. The molecule has 3 nitrogen and oxygen atoms in total. The summed E-state index contributed by atoms with van der Waals surface area (Å²) in [5, 5.41) is 0. The van der Waals surface area contributed by atoms with Crippen LogP contribution in [0, 0.1) is 23.6 Å². The summed E-state index contributed by atoms with van der Waals surface area (Å²) in [5.41, 5.74) is 6.51. The van der Waals surface area contributed by atoms with Crippen molar-refractivity contribution >= 4 is 5.78 Å². The van der Waals surface area contributed by atoms with E-state index in [9.17, 15) is 9.18 Å². The Bertz CT molecular complexity index is 515. The molecule has 0 saturated heterocycles. The van der Waals surface area contributed by atoms with E-state index >= 15 is 0 Å². The molecule has 1 aromatic rings. The smallest absolute Gasteiger partial charge is 0.171 e. The van der Waals surface area contributed by atoms with E-state index in [4.69, 9.17) is 10.5 Å². The number of ketones is 1. The maximum Gasteiger partial charge on any atom is 0.171 e. The maximum absolute atomic E-state index is 13.4. The predicted octanol–water partition coefficient (Wildman–Crippen LogP) is 2.39. The van der Waals surface area contributed by atoms with Crippen molar-refractivity contribution in [1.82, 2.24) is 0 Å². The van der Waals surface area contributed by atoms with E-state index in [-0.39, 0.29) is 17.7 Å². The van der Waals surface area contributed by atoms with Gasteiger partial charge in [-0.05, 0) is 49.3 Å². The van der Waals surface area contributed by atoms with E-state index in [2.05, 4.69) is 0 Å². The number of carbonyl (C=O) groups is 1. The Balaban J connectivity index is 1.94. The number of fused-ring (bicyclic) bond motifs is 2. The molecule has 0 aromatic heterocycles. The highest BCUT2D eigenvalue weighted by Crippen LogP contribution is 2.49. The number of hydrogen-bond donors (Lipinski definition) is 1. The number of hydrogen-bond acceptors (Lipinski definition) is 3. The van der Waals surface area contributed by atoms with Crippen LogP contribution in [0.5, 0.6) is 5.75 Å². The number of carbonyl (C=O) groups excluding carboxylic acids is 1. The highest BCUT2D eigenvalue weighted by atomic mass is 19.1. The molecular formula is C15H18FNO2. The summed E-state index contributed by atoms with van der Waals surface area (Å²) in [6.45, 7) is 0. The molecule has 19 heavy (non-hydrogen) atoms. The van der Waals surface area contributed by atoms with Gasteiger partial charge < -0.3 is 10.5 Å². The van der Waals surface area contributed by atoms with E-state index in [0.717, 1.165) is 19.3 Å². The van der Waals surface area contributed by atoms with Crippen LogP contribution in [-0.4, -0.2) is 18.9 Å². The Morgan fingerprint density at radius 3 is 2.74 bits per heavy atom. The van der Waals surface area contributed by atoms with Crippen molar-refractivity contribution in [3.05, 3.63) is 29.6 Å². The van der Waals surface area contributed by atoms with E-state index in [1.165, 1.54) is 25.3 Å². The van der Waals surface area contributed by atoms with Gasteiger partial charge >= 0.3 is 0 Å². The summed E-state index contributed by atoms with van der Waals surface area (Å²) in [5.74, 6) is 0.603. The molecular weight excluding hydrogens is 245 g/mol. The number of nitrogens with two attached hydrogens (primary N) is 1. The number of methoxy groups -OCH3 is 1. The van der Waals surface area contributed by atoms with Gasteiger partial charge in [-0.25, -0.2) is 4.39 Å². The van der Waals surface area contributed by atoms with Crippen LogP contribution in [0.4, 0.5) is 4.39 Å². The van der Waals surface area contributed by atoms with Crippen LogP contribution < -0.4 is 10.5 Å². The molecule has 0 radical (unpaired) electrons. The monoisotopic (exact) mass is 263 g/mol. The lowest BCUT2D eigenvalue weighted by atomic mass is 9.80. The van der Waals surface area contributed by atoms with Crippen LogP contribution >= 0.6 is 0 Å². The average molecular weight is 263 g/mol. The van der Waals surface area contributed by atoms with Crippen LogP contribution in [0.15, 0.2) is 18.2 Å². The van der Waals surface area contributed by atoms with Crippen molar-refractivity contribution < 1.29 is 13.9 Å². The summed E-state index contributed by atoms with van der Waals surface area (Å²) in [7, 11) is 1.49. The quantitative estimate of drug-likeness (QED) is 0.852. The number of rotatable bonds is 3. The number of benzene rings is 1. The first-order chi connectivity index (χ1) is 9.11. The van der Waals surface area contributed by atoms with Crippen LogP contribution in [-0.2, 0) is 0 Å². The third-order valence-corrected chi connectivity index (χ3v) is 4.71. The van der Waals surface area contributed by atoms with Gasteiger partial charge in [0.05, 0.1) is 12.7 Å². The van der Waals surface area contributed by atoms with Gasteiger partial charge in [-0.1, -0.05) is 0 Å². The Labute approximate surface area is 111 Å². The molecule has 2 fully saturated rings. The molecule has 4 atom stereocenters. The third-order valence-electron chi connectivity index (χ3n) is 4.71. The molecule has 0 heterocycles. The fraction of sp³-hybridized carbons (Fsp3) is 0.533. The highest BCUT2D eigenvalue weighted by Gasteiger charge is 2.49. The van der Waals surface area contributed by atoms with E-state index in [1.54, 1.807) is 0 Å². The van der Waals surface area contributed by atoms with Gasteiger partial charge in [-0.3, -0.25) is 4.79 Å². The molecule has 2 aliphatic rings. The molecule has 0 spiro atoms. The van der Waals surface area contributed by atoms with Gasteiger partial charge in [0.1, 0.15) is 11.6 Å². The molecule has 2 bridgehead atoms. The first kappa shape index (κ1) is 12.6. The van der Waals surface area contributed by atoms with Crippen molar-refractivity contribution in [2.45, 2.75) is 25.3 Å². The van der Waals surface area contributed by atoms with Crippen molar-refractivity contribution in [2.24, 2.45) is 23.5 Å². The minimum Gasteiger partial charge on any atom is -0.496 e. The van der Waals surface area contributed by atoms with Crippen molar-refractivity contribution in [3.63, 3.8) is 0 Å². The summed E-state index contributed by atoms with van der Waals surface area (Å²) < 4.78 is 18.5. The second-order valence-corrected chi connectivity index (χ2v) is 5.65. The van der Waals surface area contributed by atoms with Crippen LogP contribution in [0.3, 0.4) is 0 Å². The molecule has 2 saturated carbocycles. The average Bonchev–Trinajstić information content (AvgIpc) is 2.98. The topological polar surface area (TPSA) is 52.3 Å². The van der Waals surface area contributed by atoms with Crippen molar-refractivity contribution in [1.29, 1.82) is 0 Å². The van der Waals surface area contributed by atoms with Gasteiger partial charge in [0.25, 0.3) is 0 Å². The first-order valence-corrected chi connectivity index (χ1v) is 6.75. The minimum atomic E-state index is -0.416. The minimum absolute atomic E-state index is 0.0592. The van der Waals surface area contributed by atoms with Gasteiger partial charge in [0, 0.05) is 12.0 Å². The lowest BCUT2D eigenvalue weighted by Gasteiger charge is -2.27. The molecule has 3 rings (SSSR count). The fourth-order valence-corrected chi connectivity index (χ4v) is 3.78. The Hall–Kier alpha value is -1.42. The molecule has 2 N–H and O–H groups in total. The molecule has 2 aliphatic carbocycles. The Morgan fingerprint density at radius 2 is 2.11 bits per heavy atom. The zero-order valence-corrected chi connectivity index (χ0v) is 10.9. The van der Waals surface area contributed by atoms with Gasteiger partial charge in [-0.15, -0.1) is 0 Å². The predicted molar refractivity (Wildman–Crippen MR) is 69.6 cm³/mol. The lowest BCUT2D eigenvalue weighted by molar-refractivity contribution is 0.0852. The second kappa shape index (κ2) is 4.60. The van der Waals surface area contributed by atoms with Crippen molar-refractivity contribution in [2.75, 3.05) is 7.11 Å². The van der Waals surface area contributed by atoms with Crippen molar-refractivity contribution in [3.8, 4) is 5.75 Å². The molecule has 1 aromatic carbocycles.